The van der Waals surface area contributed by atoms with Crippen molar-refractivity contribution >= 4 is 15.7 Å². The summed E-state index contributed by atoms with van der Waals surface area (Å²) >= 11 is 0. The number of hydroxylamine groups is 1. The van der Waals surface area contributed by atoms with E-state index in [0.717, 1.165) is 6.20 Å². The van der Waals surface area contributed by atoms with E-state index in [1.165, 1.54) is 35.9 Å². The first-order valence-corrected chi connectivity index (χ1v) is 10.5. The molecule has 3 rings (SSSR count). The van der Waals surface area contributed by atoms with Crippen molar-refractivity contribution in [2.75, 3.05) is 19.8 Å². The zero-order valence-corrected chi connectivity index (χ0v) is 16.7. The van der Waals surface area contributed by atoms with Crippen LogP contribution in [0.1, 0.15) is 12.8 Å². The second-order valence-corrected chi connectivity index (χ2v) is 8.98. The molecule has 0 atom stereocenters. The molecule has 1 aliphatic heterocycles. The minimum absolute atomic E-state index is 0.0447. The van der Waals surface area contributed by atoms with Crippen LogP contribution in [-0.2, 0) is 19.4 Å². The van der Waals surface area contributed by atoms with E-state index >= 15 is 0 Å². The Morgan fingerprint density at radius 2 is 1.81 bits per heavy atom. The van der Waals surface area contributed by atoms with Crippen LogP contribution in [0.15, 0.2) is 41.6 Å². The van der Waals surface area contributed by atoms with Crippen molar-refractivity contribution in [3.63, 3.8) is 0 Å². The van der Waals surface area contributed by atoms with Gasteiger partial charge in [0.25, 0.3) is 5.91 Å². The average molecular weight is 461 g/mol. The number of benzene rings is 1. The molecule has 1 fully saturated rings. The molecule has 0 bridgehead atoms. The van der Waals surface area contributed by atoms with Gasteiger partial charge in [0.1, 0.15) is 0 Å². The van der Waals surface area contributed by atoms with Crippen LogP contribution in [0.5, 0.6) is 5.88 Å². The summed E-state index contributed by atoms with van der Waals surface area (Å²) in [5.74, 6) is -1.34. The molecule has 0 saturated carbocycles. The van der Waals surface area contributed by atoms with Crippen LogP contribution >= 0.6 is 0 Å². The number of hydrogen-bond acceptors (Lipinski definition) is 8. The number of alkyl halides is 3. The highest BCUT2D eigenvalue weighted by molar-refractivity contribution is 7.93. The fraction of sp³-hybridized carbons (Fsp3) is 0.389. The number of ether oxygens (including phenoxy) is 2. The number of carbonyl (C=O) groups is 1. The summed E-state index contributed by atoms with van der Waals surface area (Å²) in [6.45, 7) is -1.41. The summed E-state index contributed by atoms with van der Waals surface area (Å²) < 4.78 is 70.7. The molecule has 1 saturated heterocycles. The summed E-state index contributed by atoms with van der Waals surface area (Å²) in [6.07, 6.45) is -2.53. The SMILES string of the molecule is O=C(NO)C1(S(=O)(=O)c2ccc(-c3cnc(OCC(F)(F)F)cn3)cc2)CCOCC1. The molecule has 0 spiro atoms. The van der Waals surface area contributed by atoms with Crippen molar-refractivity contribution in [1.29, 1.82) is 0 Å². The number of carbonyl (C=O) groups excluding carboxylic acids is 1. The number of halogens is 3. The summed E-state index contributed by atoms with van der Waals surface area (Å²) in [5.41, 5.74) is 2.16. The molecule has 2 heterocycles. The number of sulfone groups is 1. The molecule has 1 amide bonds. The van der Waals surface area contributed by atoms with E-state index in [-0.39, 0.29) is 42.5 Å². The summed E-state index contributed by atoms with van der Waals surface area (Å²) in [5, 5.41) is 9.07. The lowest BCUT2D eigenvalue weighted by Crippen LogP contribution is -2.54. The van der Waals surface area contributed by atoms with Gasteiger partial charge in [-0.25, -0.2) is 23.9 Å². The highest BCUT2D eigenvalue weighted by atomic mass is 32.2. The maximum Gasteiger partial charge on any atom is 0.422 e. The van der Waals surface area contributed by atoms with Crippen LogP contribution in [0.2, 0.25) is 0 Å². The molecule has 13 heteroatoms. The third-order valence-electron chi connectivity index (χ3n) is 4.80. The van der Waals surface area contributed by atoms with Crippen molar-refractivity contribution < 1.29 is 41.1 Å². The van der Waals surface area contributed by atoms with Crippen molar-refractivity contribution in [2.45, 2.75) is 28.7 Å². The van der Waals surface area contributed by atoms with Gasteiger partial charge in [-0.2, -0.15) is 13.2 Å². The van der Waals surface area contributed by atoms with Gasteiger partial charge in [-0.05, 0) is 25.0 Å². The number of nitrogens with zero attached hydrogens (tertiary/aromatic N) is 2. The number of amides is 1. The van der Waals surface area contributed by atoms with Crippen molar-refractivity contribution in [3.8, 4) is 17.1 Å². The topological polar surface area (TPSA) is 128 Å². The second-order valence-electron chi connectivity index (χ2n) is 6.72. The Morgan fingerprint density at radius 3 is 2.32 bits per heavy atom. The minimum Gasteiger partial charge on any atom is -0.467 e. The van der Waals surface area contributed by atoms with Crippen molar-refractivity contribution in [2.24, 2.45) is 0 Å². The molecule has 1 aromatic carbocycles. The van der Waals surface area contributed by atoms with Crippen LogP contribution < -0.4 is 10.2 Å². The Bertz CT molecular complexity index is 1020. The standard InChI is InChI=1S/C18H18F3N3O6S/c19-18(20,21)11-30-15-10-22-14(9-23-15)12-1-3-13(4-2-12)31(27,28)17(16(25)24-26)5-7-29-8-6-17/h1-4,9-10,26H,5-8,11H2,(H,24,25). The maximum absolute atomic E-state index is 13.2. The Hall–Kier alpha value is -2.77. The average Bonchev–Trinajstić information content (AvgIpc) is 2.77. The van der Waals surface area contributed by atoms with Gasteiger partial charge in [0.15, 0.2) is 21.2 Å². The largest absolute Gasteiger partial charge is 0.467 e. The lowest BCUT2D eigenvalue weighted by Gasteiger charge is -2.34. The van der Waals surface area contributed by atoms with Gasteiger partial charge in [0.2, 0.25) is 5.88 Å². The molecule has 2 aromatic rings. The van der Waals surface area contributed by atoms with Crippen molar-refractivity contribution in [1.82, 2.24) is 15.4 Å². The van der Waals surface area contributed by atoms with Crippen LogP contribution in [-0.4, -0.2) is 60.2 Å². The van der Waals surface area contributed by atoms with E-state index in [9.17, 15) is 26.4 Å². The summed E-state index contributed by atoms with van der Waals surface area (Å²) in [6, 6.07) is 5.42. The van der Waals surface area contributed by atoms with Crippen LogP contribution in [0.3, 0.4) is 0 Å². The van der Waals surface area contributed by atoms with Gasteiger partial charge in [0.05, 0.1) is 23.0 Å². The molecule has 2 N–H and O–H groups in total. The molecule has 0 aliphatic carbocycles. The third-order valence-corrected chi connectivity index (χ3v) is 7.32. The Labute approximate surface area is 175 Å². The first-order chi connectivity index (χ1) is 14.6. The molecule has 9 nitrogen and oxygen atoms in total. The summed E-state index contributed by atoms with van der Waals surface area (Å²) in [4.78, 5) is 19.8. The van der Waals surface area contributed by atoms with E-state index in [4.69, 9.17) is 9.94 Å². The minimum atomic E-state index is -4.50. The fourth-order valence-corrected chi connectivity index (χ4v) is 5.09. The molecule has 1 aromatic heterocycles. The first-order valence-electron chi connectivity index (χ1n) is 8.98. The van der Waals surface area contributed by atoms with E-state index in [1.807, 2.05) is 0 Å². The number of nitrogens with one attached hydrogen (secondary N) is 1. The molecule has 168 valence electrons. The van der Waals surface area contributed by atoms with Gasteiger partial charge < -0.3 is 9.47 Å². The van der Waals surface area contributed by atoms with Crippen LogP contribution in [0.25, 0.3) is 11.3 Å². The normalized spacial score (nSPS) is 16.5. The monoisotopic (exact) mass is 461 g/mol. The number of hydrogen-bond donors (Lipinski definition) is 2. The predicted molar refractivity (Wildman–Crippen MR) is 98.9 cm³/mol. The van der Waals surface area contributed by atoms with Gasteiger partial charge >= 0.3 is 6.18 Å². The van der Waals surface area contributed by atoms with E-state index in [2.05, 4.69) is 14.7 Å². The molecule has 0 unspecified atom stereocenters. The second kappa shape index (κ2) is 8.77. The lowest BCUT2D eigenvalue weighted by atomic mass is 9.98. The zero-order chi connectivity index (χ0) is 22.7. The molecular formula is C18H18F3N3O6S. The molecule has 0 radical (unpaired) electrons. The summed E-state index contributed by atoms with van der Waals surface area (Å²) in [7, 11) is -4.18. The lowest BCUT2D eigenvalue weighted by molar-refractivity contribution is -0.154. The maximum atomic E-state index is 13.2. The van der Waals surface area contributed by atoms with Crippen LogP contribution in [0.4, 0.5) is 13.2 Å². The number of aromatic nitrogens is 2. The van der Waals surface area contributed by atoms with Gasteiger partial charge in [-0.1, -0.05) is 12.1 Å². The van der Waals surface area contributed by atoms with Crippen LogP contribution in [0, 0.1) is 0 Å². The smallest absolute Gasteiger partial charge is 0.422 e. The van der Waals surface area contributed by atoms with E-state index < -0.39 is 33.3 Å². The Balaban J connectivity index is 1.83. The highest BCUT2D eigenvalue weighted by Crippen LogP contribution is 2.36. The van der Waals surface area contributed by atoms with E-state index in [0.29, 0.717) is 5.56 Å². The quantitative estimate of drug-likeness (QED) is 0.493. The molecular weight excluding hydrogens is 443 g/mol. The predicted octanol–water partition coefficient (Wildman–Crippen LogP) is 1.91. The fourth-order valence-electron chi connectivity index (χ4n) is 3.15. The zero-order valence-electron chi connectivity index (χ0n) is 15.9. The van der Waals surface area contributed by atoms with Gasteiger partial charge in [-0.15, -0.1) is 0 Å². The molecule has 31 heavy (non-hydrogen) atoms. The van der Waals surface area contributed by atoms with E-state index in [1.54, 1.807) is 0 Å². The Kier molecular flexibility index (Phi) is 6.48. The Morgan fingerprint density at radius 1 is 1.16 bits per heavy atom. The highest BCUT2D eigenvalue weighted by Gasteiger charge is 2.52. The molecule has 1 aliphatic rings. The van der Waals surface area contributed by atoms with Gasteiger partial charge in [0, 0.05) is 18.8 Å². The number of rotatable bonds is 6. The van der Waals surface area contributed by atoms with Gasteiger partial charge in [-0.3, -0.25) is 10.0 Å². The third kappa shape index (κ3) is 4.78. The first kappa shape index (κ1) is 22.9. The van der Waals surface area contributed by atoms with Crippen molar-refractivity contribution in [3.05, 3.63) is 36.7 Å².